The lowest BCUT2D eigenvalue weighted by atomic mass is 9.83. The minimum absolute atomic E-state index is 0.594. The lowest BCUT2D eigenvalue weighted by molar-refractivity contribution is 0.316. The Morgan fingerprint density at radius 1 is 1.17 bits per heavy atom. The van der Waals surface area contributed by atoms with Gasteiger partial charge in [0.25, 0.3) is 0 Å². The summed E-state index contributed by atoms with van der Waals surface area (Å²) in [5, 5.41) is 3.78. The van der Waals surface area contributed by atoms with Gasteiger partial charge in [0.15, 0.2) is 0 Å². The average molecular weight is 331 g/mol. The molecule has 136 valence electrons. The molecule has 2 nitrogen and oxygen atoms in total. The van der Waals surface area contributed by atoms with Crippen LogP contribution in [0.5, 0.6) is 0 Å². The Balaban J connectivity index is 0.00000139. The molecule has 1 aromatic heterocycles. The standard InChI is InChI=1S/C20H32N2.C2H6/c1-6-16(7-2)19-14(4)13-15(5)20(22-19)21-18-12-10-9-11-17(18)8-3;1-2/h6,13,17-18H,7-12H2,1-5H3,(H,21,22);1-2H3/b16-6+;. The molecule has 0 aliphatic heterocycles. The molecular weight excluding hydrogens is 292 g/mol. The maximum Gasteiger partial charge on any atom is 0.129 e. The highest BCUT2D eigenvalue weighted by Gasteiger charge is 2.24. The lowest BCUT2D eigenvalue weighted by Crippen LogP contribution is -2.32. The number of nitrogens with zero attached hydrogens (tertiary/aromatic N) is 1. The summed E-state index contributed by atoms with van der Waals surface area (Å²) in [6, 6.07) is 2.88. The van der Waals surface area contributed by atoms with E-state index in [4.69, 9.17) is 4.98 Å². The van der Waals surface area contributed by atoms with Gasteiger partial charge in [0.05, 0.1) is 5.69 Å². The lowest BCUT2D eigenvalue weighted by Gasteiger charge is -2.32. The Morgan fingerprint density at radius 3 is 2.42 bits per heavy atom. The molecule has 0 spiro atoms. The highest BCUT2D eigenvalue weighted by Crippen LogP contribution is 2.31. The number of pyridine rings is 1. The largest absolute Gasteiger partial charge is 0.367 e. The van der Waals surface area contributed by atoms with Crippen LogP contribution in [0.2, 0.25) is 0 Å². The van der Waals surface area contributed by atoms with Crippen LogP contribution in [-0.2, 0) is 0 Å². The molecule has 1 saturated carbocycles. The number of nitrogens with one attached hydrogen (secondary N) is 1. The highest BCUT2D eigenvalue weighted by molar-refractivity contribution is 5.67. The summed E-state index contributed by atoms with van der Waals surface area (Å²) < 4.78 is 0. The van der Waals surface area contributed by atoms with Crippen LogP contribution in [0, 0.1) is 19.8 Å². The van der Waals surface area contributed by atoms with Crippen molar-refractivity contribution in [2.45, 2.75) is 93.0 Å². The first-order valence-corrected chi connectivity index (χ1v) is 10.0. The monoisotopic (exact) mass is 330 g/mol. The number of hydrogen-bond donors (Lipinski definition) is 1. The summed E-state index contributed by atoms with van der Waals surface area (Å²) in [5.41, 5.74) is 5.07. The first kappa shape index (κ1) is 20.7. The summed E-state index contributed by atoms with van der Waals surface area (Å²) >= 11 is 0. The second-order valence-corrected chi connectivity index (χ2v) is 6.69. The number of anilines is 1. The third kappa shape index (κ3) is 5.09. The van der Waals surface area contributed by atoms with Crippen molar-refractivity contribution in [2.75, 3.05) is 5.32 Å². The van der Waals surface area contributed by atoms with Gasteiger partial charge in [-0.2, -0.15) is 0 Å². The second kappa shape index (κ2) is 10.5. The van der Waals surface area contributed by atoms with Gasteiger partial charge in [-0.25, -0.2) is 4.98 Å². The van der Waals surface area contributed by atoms with Gasteiger partial charge in [-0.15, -0.1) is 0 Å². The highest BCUT2D eigenvalue weighted by atomic mass is 15.0. The van der Waals surface area contributed by atoms with Crippen LogP contribution in [0.15, 0.2) is 12.1 Å². The smallest absolute Gasteiger partial charge is 0.129 e. The molecule has 1 heterocycles. The van der Waals surface area contributed by atoms with Crippen LogP contribution in [-0.4, -0.2) is 11.0 Å². The van der Waals surface area contributed by atoms with Crippen LogP contribution in [0.1, 0.15) is 90.0 Å². The maximum atomic E-state index is 5.00. The quantitative estimate of drug-likeness (QED) is 0.634. The van der Waals surface area contributed by atoms with Gasteiger partial charge in [0.1, 0.15) is 5.82 Å². The van der Waals surface area contributed by atoms with E-state index in [0.717, 1.165) is 18.2 Å². The first-order chi connectivity index (χ1) is 11.6. The molecule has 1 aromatic rings. The molecule has 0 bridgehead atoms. The van der Waals surface area contributed by atoms with Crippen molar-refractivity contribution in [3.05, 3.63) is 29.0 Å². The van der Waals surface area contributed by atoms with E-state index in [-0.39, 0.29) is 0 Å². The third-order valence-electron chi connectivity index (χ3n) is 5.19. The SMILES string of the molecule is C/C=C(\CC)c1nc(NC2CCCCC2CC)c(C)cc1C.CC. The van der Waals surface area contributed by atoms with Gasteiger partial charge in [-0.05, 0) is 62.7 Å². The van der Waals surface area contributed by atoms with Crippen LogP contribution in [0.4, 0.5) is 5.82 Å². The van der Waals surface area contributed by atoms with Crippen LogP contribution < -0.4 is 5.32 Å². The van der Waals surface area contributed by atoms with E-state index in [1.54, 1.807) is 0 Å². The van der Waals surface area contributed by atoms with Gasteiger partial charge in [-0.3, -0.25) is 0 Å². The molecule has 0 amide bonds. The number of rotatable bonds is 5. The molecule has 2 heteroatoms. The molecule has 1 aliphatic carbocycles. The zero-order valence-corrected chi connectivity index (χ0v) is 17.0. The van der Waals surface area contributed by atoms with E-state index >= 15 is 0 Å². The third-order valence-corrected chi connectivity index (χ3v) is 5.19. The second-order valence-electron chi connectivity index (χ2n) is 6.69. The zero-order chi connectivity index (χ0) is 18.1. The summed E-state index contributed by atoms with van der Waals surface area (Å²) in [7, 11) is 0. The van der Waals surface area contributed by atoms with Crippen LogP contribution in [0.3, 0.4) is 0 Å². The van der Waals surface area contributed by atoms with Crippen molar-refractivity contribution in [3.63, 3.8) is 0 Å². The van der Waals surface area contributed by atoms with E-state index in [0.29, 0.717) is 6.04 Å². The molecule has 2 atom stereocenters. The van der Waals surface area contributed by atoms with Gasteiger partial charge in [0, 0.05) is 6.04 Å². The van der Waals surface area contributed by atoms with Crippen molar-refractivity contribution in [1.82, 2.24) is 4.98 Å². The van der Waals surface area contributed by atoms with Crippen LogP contribution in [0.25, 0.3) is 5.57 Å². The summed E-state index contributed by atoms with van der Waals surface area (Å²) in [5.74, 6) is 1.89. The molecule has 0 aromatic carbocycles. The van der Waals surface area contributed by atoms with Gasteiger partial charge in [-0.1, -0.05) is 59.1 Å². The minimum Gasteiger partial charge on any atom is -0.367 e. The number of aromatic nitrogens is 1. The Bertz CT molecular complexity index is 531. The molecule has 24 heavy (non-hydrogen) atoms. The van der Waals surface area contributed by atoms with E-state index in [1.165, 1.54) is 54.5 Å². The average Bonchev–Trinajstić information content (AvgIpc) is 2.61. The van der Waals surface area contributed by atoms with E-state index < -0.39 is 0 Å². The van der Waals surface area contributed by atoms with Gasteiger partial charge >= 0.3 is 0 Å². The topological polar surface area (TPSA) is 24.9 Å². The maximum absolute atomic E-state index is 5.00. The fourth-order valence-electron chi connectivity index (χ4n) is 3.79. The summed E-state index contributed by atoms with van der Waals surface area (Å²) in [6.45, 7) is 15.0. The Labute approximate surface area is 150 Å². The minimum atomic E-state index is 0.594. The van der Waals surface area contributed by atoms with E-state index in [2.05, 4.69) is 52.1 Å². The Morgan fingerprint density at radius 2 is 1.83 bits per heavy atom. The molecule has 1 N–H and O–H groups in total. The predicted molar refractivity (Wildman–Crippen MR) is 109 cm³/mol. The normalized spacial score (nSPS) is 21.0. The first-order valence-electron chi connectivity index (χ1n) is 10.0. The fraction of sp³-hybridized carbons (Fsp3) is 0.682. The summed E-state index contributed by atoms with van der Waals surface area (Å²) in [6.07, 6.45) is 9.89. The molecule has 1 fully saturated rings. The summed E-state index contributed by atoms with van der Waals surface area (Å²) in [4.78, 5) is 5.00. The van der Waals surface area contributed by atoms with E-state index in [1.807, 2.05) is 13.8 Å². The van der Waals surface area contributed by atoms with Crippen molar-refractivity contribution in [1.29, 1.82) is 0 Å². The van der Waals surface area contributed by atoms with Crippen molar-refractivity contribution >= 4 is 11.4 Å². The van der Waals surface area contributed by atoms with Gasteiger partial charge in [0.2, 0.25) is 0 Å². The number of hydrogen-bond acceptors (Lipinski definition) is 2. The Kier molecular flexibility index (Phi) is 9.10. The fourth-order valence-corrected chi connectivity index (χ4v) is 3.79. The van der Waals surface area contributed by atoms with Crippen molar-refractivity contribution in [2.24, 2.45) is 5.92 Å². The number of allylic oxidation sites excluding steroid dienone is 2. The molecule has 0 saturated heterocycles. The molecule has 1 aliphatic rings. The molecule has 0 radical (unpaired) electrons. The molecule has 2 unspecified atom stereocenters. The van der Waals surface area contributed by atoms with Crippen molar-refractivity contribution < 1.29 is 0 Å². The number of aryl methyl sites for hydroxylation is 2. The molecule has 2 rings (SSSR count). The predicted octanol–water partition coefficient (Wildman–Crippen LogP) is 6.92. The Hall–Kier alpha value is -1.31. The van der Waals surface area contributed by atoms with Gasteiger partial charge < -0.3 is 5.32 Å². The zero-order valence-electron chi connectivity index (χ0n) is 17.0. The van der Waals surface area contributed by atoms with Crippen LogP contribution >= 0.6 is 0 Å². The van der Waals surface area contributed by atoms with Crippen molar-refractivity contribution in [3.8, 4) is 0 Å². The van der Waals surface area contributed by atoms with E-state index in [9.17, 15) is 0 Å². The molecular formula is C22H38N2.